The van der Waals surface area contributed by atoms with Crippen molar-refractivity contribution < 1.29 is 14.3 Å². The number of methoxy groups -OCH3 is 1. The molecule has 5 nitrogen and oxygen atoms in total. The Labute approximate surface area is 118 Å². The summed E-state index contributed by atoms with van der Waals surface area (Å²) in [6.07, 6.45) is 0.192. The Morgan fingerprint density at radius 1 is 1.56 bits per heavy atom. The molecule has 0 spiro atoms. The predicted molar refractivity (Wildman–Crippen MR) is 75.4 cm³/mol. The van der Waals surface area contributed by atoms with Crippen molar-refractivity contribution in [2.45, 2.75) is 6.42 Å². The quantitative estimate of drug-likeness (QED) is 0.822. The largest absolute Gasteiger partial charge is 0.496 e. The van der Waals surface area contributed by atoms with Gasteiger partial charge in [-0.15, -0.1) is 0 Å². The van der Waals surface area contributed by atoms with Crippen molar-refractivity contribution in [3.63, 3.8) is 0 Å². The summed E-state index contributed by atoms with van der Waals surface area (Å²) in [6, 6.07) is 5.48. The van der Waals surface area contributed by atoms with Crippen molar-refractivity contribution in [3.05, 3.63) is 21.8 Å². The van der Waals surface area contributed by atoms with Crippen LogP contribution in [-0.2, 0) is 9.59 Å². The number of hydrogen-bond donors (Lipinski definition) is 1. The van der Waals surface area contributed by atoms with Crippen LogP contribution in [0.2, 0.25) is 0 Å². The molecule has 0 aliphatic carbocycles. The van der Waals surface area contributed by atoms with E-state index >= 15 is 0 Å². The van der Waals surface area contributed by atoms with E-state index in [-0.39, 0.29) is 12.3 Å². The Hall–Kier alpha value is -1.31. The first-order valence-corrected chi connectivity index (χ1v) is 6.54. The lowest BCUT2D eigenvalue weighted by Gasteiger charge is -2.17. The molecule has 2 amide bonds. The van der Waals surface area contributed by atoms with Crippen molar-refractivity contribution in [1.82, 2.24) is 0 Å². The predicted octanol–water partition coefficient (Wildman–Crippen LogP) is 1.14. The number of rotatable bonds is 3. The van der Waals surface area contributed by atoms with E-state index in [1.54, 1.807) is 12.0 Å². The normalized spacial score (nSPS) is 19.1. The number of carbonyl (C=O) groups is 2. The standard InChI is InChI=1S/C12H13IN2O3/c1-18-10-3-2-8(5-9(10)13)15-6-7(12(14)17)4-11(15)16/h2-3,5,7H,4,6H2,1H3,(H2,14,17). The second kappa shape index (κ2) is 5.13. The number of primary amides is 1. The van der Waals surface area contributed by atoms with Crippen LogP contribution in [0.25, 0.3) is 0 Å². The van der Waals surface area contributed by atoms with Gasteiger partial charge in [0, 0.05) is 18.7 Å². The van der Waals surface area contributed by atoms with Gasteiger partial charge in [-0.1, -0.05) is 0 Å². The fourth-order valence-corrected chi connectivity index (χ4v) is 2.69. The van der Waals surface area contributed by atoms with Crippen LogP contribution in [-0.4, -0.2) is 25.5 Å². The fraction of sp³-hybridized carbons (Fsp3) is 0.333. The molecular weight excluding hydrogens is 347 g/mol. The van der Waals surface area contributed by atoms with Gasteiger partial charge in [0.25, 0.3) is 0 Å². The van der Waals surface area contributed by atoms with Gasteiger partial charge < -0.3 is 15.4 Å². The average Bonchev–Trinajstić information content (AvgIpc) is 2.71. The molecule has 1 unspecified atom stereocenters. The van der Waals surface area contributed by atoms with Gasteiger partial charge in [0.1, 0.15) is 5.75 Å². The van der Waals surface area contributed by atoms with Gasteiger partial charge in [-0.2, -0.15) is 0 Å². The summed E-state index contributed by atoms with van der Waals surface area (Å²) in [5.74, 6) is -0.122. The zero-order chi connectivity index (χ0) is 13.3. The zero-order valence-corrected chi connectivity index (χ0v) is 12.0. The third-order valence-corrected chi connectivity index (χ3v) is 3.82. The highest BCUT2D eigenvalue weighted by Gasteiger charge is 2.34. The number of anilines is 1. The van der Waals surface area contributed by atoms with E-state index in [1.807, 2.05) is 18.2 Å². The van der Waals surface area contributed by atoms with Gasteiger partial charge in [-0.05, 0) is 40.8 Å². The van der Waals surface area contributed by atoms with Gasteiger partial charge >= 0.3 is 0 Å². The minimum Gasteiger partial charge on any atom is -0.496 e. The molecule has 1 aromatic rings. The van der Waals surface area contributed by atoms with E-state index in [9.17, 15) is 9.59 Å². The third kappa shape index (κ3) is 2.43. The third-order valence-electron chi connectivity index (χ3n) is 2.97. The Balaban J connectivity index is 2.24. The Kier molecular flexibility index (Phi) is 3.74. The van der Waals surface area contributed by atoms with Crippen molar-refractivity contribution in [3.8, 4) is 5.75 Å². The van der Waals surface area contributed by atoms with E-state index < -0.39 is 11.8 Å². The summed E-state index contributed by atoms with van der Waals surface area (Å²) in [5.41, 5.74) is 6.01. The van der Waals surface area contributed by atoms with Gasteiger partial charge in [0.2, 0.25) is 11.8 Å². The molecule has 96 valence electrons. The first-order chi connectivity index (χ1) is 8.52. The lowest BCUT2D eigenvalue weighted by atomic mass is 10.1. The minimum absolute atomic E-state index is 0.0697. The van der Waals surface area contributed by atoms with Gasteiger partial charge in [-0.25, -0.2) is 0 Å². The van der Waals surface area contributed by atoms with Gasteiger partial charge in [-0.3, -0.25) is 9.59 Å². The summed E-state index contributed by atoms with van der Waals surface area (Å²) >= 11 is 2.14. The molecule has 1 aromatic carbocycles. The van der Waals surface area contributed by atoms with Gasteiger partial charge in [0.15, 0.2) is 0 Å². The first kappa shape index (κ1) is 13.1. The van der Waals surface area contributed by atoms with Crippen LogP contribution in [0.15, 0.2) is 18.2 Å². The minimum atomic E-state index is -0.422. The maximum absolute atomic E-state index is 11.8. The number of nitrogens with two attached hydrogens (primary N) is 1. The Morgan fingerprint density at radius 2 is 2.28 bits per heavy atom. The van der Waals surface area contributed by atoms with E-state index in [0.29, 0.717) is 6.54 Å². The fourth-order valence-electron chi connectivity index (χ4n) is 1.97. The molecule has 0 saturated carbocycles. The second-order valence-corrected chi connectivity index (χ2v) is 5.29. The molecule has 6 heteroatoms. The number of ether oxygens (including phenoxy) is 1. The van der Waals surface area contributed by atoms with Crippen molar-refractivity contribution in [1.29, 1.82) is 0 Å². The van der Waals surface area contributed by atoms with E-state index in [0.717, 1.165) is 15.0 Å². The molecule has 0 aromatic heterocycles. The van der Waals surface area contributed by atoms with E-state index in [1.165, 1.54) is 0 Å². The van der Waals surface area contributed by atoms with E-state index in [4.69, 9.17) is 10.5 Å². The van der Waals surface area contributed by atoms with Crippen LogP contribution in [0, 0.1) is 9.49 Å². The molecule has 2 N–H and O–H groups in total. The average molecular weight is 360 g/mol. The van der Waals surface area contributed by atoms with Crippen molar-refractivity contribution in [2.75, 3.05) is 18.6 Å². The van der Waals surface area contributed by atoms with Crippen molar-refractivity contribution in [2.24, 2.45) is 11.7 Å². The number of benzene rings is 1. The molecule has 2 rings (SSSR count). The van der Waals surface area contributed by atoms with Crippen LogP contribution in [0.1, 0.15) is 6.42 Å². The highest BCUT2D eigenvalue weighted by Crippen LogP contribution is 2.30. The highest BCUT2D eigenvalue weighted by atomic mass is 127. The van der Waals surface area contributed by atoms with E-state index in [2.05, 4.69) is 22.6 Å². The molecule has 1 aliphatic rings. The summed E-state index contributed by atoms with van der Waals surface area (Å²) in [5, 5.41) is 0. The zero-order valence-electron chi connectivity index (χ0n) is 9.85. The molecule has 1 fully saturated rings. The van der Waals surface area contributed by atoms with Crippen LogP contribution in [0.5, 0.6) is 5.75 Å². The van der Waals surface area contributed by atoms with Crippen molar-refractivity contribution >= 4 is 40.1 Å². The van der Waals surface area contributed by atoms with Crippen LogP contribution >= 0.6 is 22.6 Å². The molecule has 0 radical (unpaired) electrons. The number of amides is 2. The lowest BCUT2D eigenvalue weighted by molar-refractivity contribution is -0.123. The summed E-state index contributed by atoms with van der Waals surface area (Å²) in [7, 11) is 1.60. The maximum atomic E-state index is 11.8. The SMILES string of the molecule is COc1ccc(N2CC(C(N)=O)CC2=O)cc1I. The molecule has 0 bridgehead atoms. The first-order valence-electron chi connectivity index (χ1n) is 5.46. The number of hydrogen-bond acceptors (Lipinski definition) is 3. The summed E-state index contributed by atoms with van der Waals surface area (Å²) < 4.78 is 6.08. The highest BCUT2D eigenvalue weighted by molar-refractivity contribution is 14.1. The monoisotopic (exact) mass is 360 g/mol. The summed E-state index contributed by atoms with van der Waals surface area (Å²) in [6.45, 7) is 0.358. The molecule has 1 saturated heterocycles. The topological polar surface area (TPSA) is 72.6 Å². The molecule has 1 atom stereocenters. The molecular formula is C12H13IN2O3. The lowest BCUT2D eigenvalue weighted by Crippen LogP contribution is -2.28. The molecule has 1 aliphatic heterocycles. The van der Waals surface area contributed by atoms with Crippen LogP contribution in [0.4, 0.5) is 5.69 Å². The number of carbonyl (C=O) groups excluding carboxylic acids is 2. The smallest absolute Gasteiger partial charge is 0.227 e. The second-order valence-electron chi connectivity index (χ2n) is 4.13. The van der Waals surface area contributed by atoms with Crippen LogP contribution in [0.3, 0.4) is 0 Å². The summed E-state index contributed by atoms with van der Waals surface area (Å²) in [4.78, 5) is 24.5. The van der Waals surface area contributed by atoms with Crippen LogP contribution < -0.4 is 15.4 Å². The molecule has 1 heterocycles. The Bertz CT molecular complexity index is 504. The Morgan fingerprint density at radius 3 is 2.78 bits per heavy atom. The number of halogens is 1. The number of nitrogens with zero attached hydrogens (tertiary/aromatic N) is 1. The van der Waals surface area contributed by atoms with Gasteiger partial charge in [0.05, 0.1) is 16.6 Å². The maximum Gasteiger partial charge on any atom is 0.227 e. The molecule has 18 heavy (non-hydrogen) atoms.